The minimum atomic E-state index is -0.550. The second-order valence-corrected chi connectivity index (χ2v) is 7.18. The molecule has 0 bridgehead atoms. The van der Waals surface area contributed by atoms with E-state index in [1.165, 1.54) is 25.1 Å². The lowest BCUT2D eigenvalue weighted by Gasteiger charge is -2.33. The number of carbonyl (C=O) groups excluding carboxylic acids is 2. The van der Waals surface area contributed by atoms with Crippen molar-refractivity contribution in [3.63, 3.8) is 0 Å². The molecule has 0 aliphatic carbocycles. The number of nitrogens with zero attached hydrogens (tertiary/aromatic N) is 1. The number of hydrogen-bond acceptors (Lipinski definition) is 4. The van der Waals surface area contributed by atoms with Gasteiger partial charge in [0.2, 0.25) is 5.91 Å². The number of rotatable bonds is 5. The van der Waals surface area contributed by atoms with Crippen molar-refractivity contribution in [2.75, 3.05) is 36.9 Å². The van der Waals surface area contributed by atoms with Crippen LogP contribution in [0.4, 0.5) is 20.6 Å². The average Bonchev–Trinajstić information content (AvgIpc) is 3.12. The summed E-state index contributed by atoms with van der Waals surface area (Å²) in [5.41, 5.74) is 0.469. The number of nitrogens with one attached hydrogen (secondary N) is 3. The standard InChI is InChI=1S/C19H27FN4O3/c1-13(25)21-15-4-5-17(20)18(11-15)23-19(26)22-14-6-8-24(9-7-14)12-16-3-2-10-27-16/h4-5,11,14,16H,2-3,6-10,12H2,1H3,(H,21,25)(H2,22,23,26)/t16-/m0/s1. The van der Waals surface area contributed by atoms with Crippen molar-refractivity contribution < 1.29 is 18.7 Å². The van der Waals surface area contributed by atoms with Crippen LogP contribution in [0.25, 0.3) is 0 Å². The zero-order valence-electron chi connectivity index (χ0n) is 15.6. The van der Waals surface area contributed by atoms with Crippen LogP contribution < -0.4 is 16.0 Å². The van der Waals surface area contributed by atoms with Crippen molar-refractivity contribution in [2.24, 2.45) is 0 Å². The molecule has 2 heterocycles. The van der Waals surface area contributed by atoms with Crippen molar-refractivity contribution in [3.05, 3.63) is 24.0 Å². The third kappa shape index (κ3) is 5.90. The molecule has 1 aromatic rings. The Morgan fingerprint density at radius 3 is 2.67 bits per heavy atom. The molecule has 0 radical (unpaired) electrons. The van der Waals surface area contributed by atoms with E-state index in [0.29, 0.717) is 11.8 Å². The van der Waals surface area contributed by atoms with E-state index in [2.05, 4.69) is 20.9 Å². The first-order chi connectivity index (χ1) is 13.0. The molecule has 0 unspecified atom stereocenters. The Kier molecular flexibility index (Phi) is 6.63. The van der Waals surface area contributed by atoms with Gasteiger partial charge in [0.25, 0.3) is 0 Å². The SMILES string of the molecule is CC(=O)Nc1ccc(F)c(NC(=O)NC2CCN(C[C@@H]3CCCO3)CC2)c1. The van der Waals surface area contributed by atoms with Crippen molar-refractivity contribution in [1.82, 2.24) is 10.2 Å². The summed E-state index contributed by atoms with van der Waals surface area (Å²) in [7, 11) is 0. The molecule has 0 spiro atoms. The number of amides is 3. The summed E-state index contributed by atoms with van der Waals surface area (Å²) >= 11 is 0. The van der Waals surface area contributed by atoms with Crippen LogP contribution in [0, 0.1) is 5.82 Å². The molecule has 0 aromatic heterocycles. The fourth-order valence-electron chi connectivity index (χ4n) is 3.58. The van der Waals surface area contributed by atoms with E-state index in [1.807, 2.05) is 0 Å². The van der Waals surface area contributed by atoms with Gasteiger partial charge >= 0.3 is 6.03 Å². The van der Waals surface area contributed by atoms with Gasteiger partial charge in [-0.1, -0.05) is 0 Å². The summed E-state index contributed by atoms with van der Waals surface area (Å²) in [6, 6.07) is 3.69. The zero-order chi connectivity index (χ0) is 19.2. The monoisotopic (exact) mass is 378 g/mol. The fourth-order valence-corrected chi connectivity index (χ4v) is 3.58. The highest BCUT2D eigenvalue weighted by atomic mass is 19.1. The molecular weight excluding hydrogens is 351 g/mol. The Labute approximate surface area is 158 Å². The predicted octanol–water partition coefficient (Wildman–Crippen LogP) is 2.55. The van der Waals surface area contributed by atoms with Gasteiger partial charge in [-0.25, -0.2) is 9.18 Å². The molecule has 2 aliphatic rings. The maximum Gasteiger partial charge on any atom is 0.319 e. The van der Waals surface area contributed by atoms with Gasteiger partial charge in [-0.2, -0.15) is 0 Å². The largest absolute Gasteiger partial charge is 0.377 e. The van der Waals surface area contributed by atoms with E-state index in [1.54, 1.807) is 0 Å². The highest BCUT2D eigenvalue weighted by Gasteiger charge is 2.24. The van der Waals surface area contributed by atoms with Crippen molar-refractivity contribution in [2.45, 2.75) is 44.8 Å². The molecule has 3 N–H and O–H groups in total. The van der Waals surface area contributed by atoms with Gasteiger partial charge in [0.1, 0.15) is 5.82 Å². The van der Waals surface area contributed by atoms with Crippen LogP contribution in [-0.2, 0) is 9.53 Å². The lowest BCUT2D eigenvalue weighted by atomic mass is 10.0. The average molecular weight is 378 g/mol. The summed E-state index contributed by atoms with van der Waals surface area (Å²) in [6.45, 7) is 5.02. The number of anilines is 2. The Hall–Kier alpha value is -2.19. The van der Waals surface area contributed by atoms with Crippen LogP contribution in [0.2, 0.25) is 0 Å². The molecule has 7 nitrogen and oxygen atoms in total. The Balaban J connectivity index is 1.45. The Morgan fingerprint density at radius 1 is 1.22 bits per heavy atom. The minimum absolute atomic E-state index is 0.0366. The number of urea groups is 1. The summed E-state index contributed by atoms with van der Waals surface area (Å²) < 4.78 is 19.6. The summed E-state index contributed by atoms with van der Waals surface area (Å²) in [4.78, 5) is 25.7. The number of piperidine rings is 1. The number of hydrogen-bond donors (Lipinski definition) is 3. The molecule has 148 valence electrons. The van der Waals surface area contributed by atoms with E-state index in [9.17, 15) is 14.0 Å². The molecular formula is C19H27FN4O3. The number of benzene rings is 1. The number of ether oxygens (including phenoxy) is 1. The third-order valence-corrected chi connectivity index (χ3v) is 4.94. The second-order valence-electron chi connectivity index (χ2n) is 7.18. The molecule has 0 saturated carbocycles. The van der Waals surface area contributed by atoms with E-state index in [-0.39, 0.29) is 17.6 Å². The van der Waals surface area contributed by atoms with Gasteiger partial charge < -0.3 is 25.6 Å². The van der Waals surface area contributed by atoms with Crippen molar-refractivity contribution in [3.8, 4) is 0 Å². The third-order valence-electron chi connectivity index (χ3n) is 4.94. The molecule has 3 rings (SSSR count). The first kappa shape index (κ1) is 19.6. The lowest BCUT2D eigenvalue weighted by molar-refractivity contribution is -0.114. The van der Waals surface area contributed by atoms with Gasteiger partial charge in [0.15, 0.2) is 0 Å². The van der Waals surface area contributed by atoms with Gasteiger partial charge in [-0.15, -0.1) is 0 Å². The minimum Gasteiger partial charge on any atom is -0.377 e. The summed E-state index contributed by atoms with van der Waals surface area (Å²) in [6.07, 6.45) is 4.33. The molecule has 1 atom stereocenters. The number of halogens is 1. The predicted molar refractivity (Wildman–Crippen MR) is 101 cm³/mol. The van der Waals surface area contributed by atoms with E-state index < -0.39 is 11.8 Å². The molecule has 8 heteroatoms. The van der Waals surface area contributed by atoms with Crippen LogP contribution in [0.15, 0.2) is 18.2 Å². The van der Waals surface area contributed by atoms with Crippen LogP contribution in [0.1, 0.15) is 32.6 Å². The smallest absolute Gasteiger partial charge is 0.319 e. The van der Waals surface area contributed by atoms with Gasteiger partial charge in [-0.05, 0) is 43.9 Å². The van der Waals surface area contributed by atoms with Crippen molar-refractivity contribution >= 4 is 23.3 Å². The van der Waals surface area contributed by atoms with E-state index in [0.717, 1.165) is 51.9 Å². The number of likely N-dealkylation sites (tertiary alicyclic amines) is 1. The molecule has 2 aliphatic heterocycles. The van der Waals surface area contributed by atoms with Gasteiger partial charge in [0.05, 0.1) is 11.8 Å². The van der Waals surface area contributed by atoms with Crippen LogP contribution in [0.5, 0.6) is 0 Å². The zero-order valence-corrected chi connectivity index (χ0v) is 15.6. The number of carbonyl (C=O) groups is 2. The molecule has 2 fully saturated rings. The first-order valence-electron chi connectivity index (χ1n) is 9.48. The Bertz CT molecular complexity index is 671. The molecule has 1 aromatic carbocycles. The maximum atomic E-state index is 13.9. The normalized spacial score (nSPS) is 21.0. The quantitative estimate of drug-likeness (QED) is 0.735. The maximum absolute atomic E-state index is 13.9. The van der Waals surface area contributed by atoms with Crippen LogP contribution in [-0.4, -0.2) is 55.2 Å². The fraction of sp³-hybridized carbons (Fsp3) is 0.579. The summed E-state index contributed by atoms with van der Waals surface area (Å²) in [5.74, 6) is -0.808. The highest BCUT2D eigenvalue weighted by molar-refractivity contribution is 5.92. The molecule has 3 amide bonds. The van der Waals surface area contributed by atoms with Crippen LogP contribution >= 0.6 is 0 Å². The first-order valence-corrected chi connectivity index (χ1v) is 9.48. The van der Waals surface area contributed by atoms with Crippen molar-refractivity contribution in [1.29, 1.82) is 0 Å². The lowest BCUT2D eigenvalue weighted by Crippen LogP contribution is -2.47. The molecule has 27 heavy (non-hydrogen) atoms. The molecule has 2 saturated heterocycles. The van der Waals surface area contributed by atoms with Gasteiger partial charge in [-0.3, -0.25) is 4.79 Å². The van der Waals surface area contributed by atoms with Crippen LogP contribution in [0.3, 0.4) is 0 Å². The van der Waals surface area contributed by atoms with E-state index in [4.69, 9.17) is 4.74 Å². The summed E-state index contributed by atoms with van der Waals surface area (Å²) in [5, 5.41) is 8.01. The Morgan fingerprint density at radius 2 is 2.00 bits per heavy atom. The van der Waals surface area contributed by atoms with E-state index >= 15 is 0 Å². The highest BCUT2D eigenvalue weighted by Crippen LogP contribution is 2.20. The topological polar surface area (TPSA) is 82.7 Å². The second kappa shape index (κ2) is 9.14. The van der Waals surface area contributed by atoms with Gasteiger partial charge in [0, 0.05) is 44.9 Å².